The fourth-order valence-corrected chi connectivity index (χ4v) is 2.29. The Balaban J connectivity index is 1.50. The quantitative estimate of drug-likeness (QED) is 0.533. The molecule has 3 aromatic rings. The number of hydrogen-bond acceptors (Lipinski definition) is 4. The van der Waals surface area contributed by atoms with Gasteiger partial charge in [0.2, 0.25) is 0 Å². The summed E-state index contributed by atoms with van der Waals surface area (Å²) in [6.45, 7) is 0.532. The molecule has 1 heterocycles. The Morgan fingerprint density at radius 3 is 2.58 bits per heavy atom. The molecule has 4 N–H and O–H groups in total. The molecule has 0 saturated heterocycles. The molecule has 0 bridgehead atoms. The fourth-order valence-electron chi connectivity index (χ4n) is 2.29. The van der Waals surface area contributed by atoms with E-state index in [1.807, 2.05) is 0 Å². The lowest BCUT2D eigenvalue weighted by Crippen LogP contribution is -2.34. The highest BCUT2D eigenvalue weighted by molar-refractivity contribution is 5.98. The summed E-state index contributed by atoms with van der Waals surface area (Å²) in [5.74, 6) is -0.698. The molecule has 2 aromatic carbocycles. The van der Waals surface area contributed by atoms with Gasteiger partial charge in [-0.3, -0.25) is 9.59 Å². The zero-order valence-electron chi connectivity index (χ0n) is 12.7. The van der Waals surface area contributed by atoms with Crippen molar-refractivity contribution in [2.24, 2.45) is 0 Å². The maximum Gasteiger partial charge on any atom is 0.255 e. The number of nitrogens with zero attached hydrogens (tertiary/aromatic N) is 1. The first-order valence-electron chi connectivity index (χ1n) is 7.42. The molecule has 0 atom stereocenters. The van der Waals surface area contributed by atoms with Crippen molar-refractivity contribution in [3.63, 3.8) is 0 Å². The Labute approximate surface area is 137 Å². The number of benzene rings is 2. The van der Waals surface area contributed by atoms with Crippen LogP contribution in [0.3, 0.4) is 0 Å². The molecular weight excluding hydrogens is 308 g/mol. The maximum absolute atomic E-state index is 12.1. The van der Waals surface area contributed by atoms with E-state index in [9.17, 15) is 14.7 Å². The topological polar surface area (TPSA) is 107 Å². The number of carbonyl (C=O) groups is 2. The normalized spacial score (nSPS) is 10.5. The maximum atomic E-state index is 12.1. The van der Waals surface area contributed by atoms with Crippen LogP contribution in [0.1, 0.15) is 20.7 Å². The molecule has 24 heavy (non-hydrogen) atoms. The lowest BCUT2D eigenvalue weighted by Gasteiger charge is -2.08. The van der Waals surface area contributed by atoms with E-state index in [0.717, 1.165) is 11.0 Å². The summed E-state index contributed by atoms with van der Waals surface area (Å²) >= 11 is 0. The number of para-hydroxylation sites is 1. The Hall–Kier alpha value is -3.35. The van der Waals surface area contributed by atoms with E-state index >= 15 is 0 Å². The van der Waals surface area contributed by atoms with Crippen molar-refractivity contribution < 1.29 is 14.7 Å². The predicted molar refractivity (Wildman–Crippen MR) is 88.9 cm³/mol. The molecule has 0 aliphatic rings. The van der Waals surface area contributed by atoms with E-state index in [2.05, 4.69) is 20.6 Å². The Morgan fingerprint density at radius 1 is 1.04 bits per heavy atom. The highest BCUT2D eigenvalue weighted by Gasteiger charge is 2.10. The summed E-state index contributed by atoms with van der Waals surface area (Å²) in [4.78, 5) is 31.0. The van der Waals surface area contributed by atoms with Gasteiger partial charge in [0.05, 0.1) is 22.9 Å². The molecule has 3 rings (SSSR count). The molecule has 0 fully saturated rings. The summed E-state index contributed by atoms with van der Waals surface area (Å²) in [7, 11) is 0. The summed E-state index contributed by atoms with van der Waals surface area (Å²) in [5.41, 5.74) is 2.30. The number of carbonyl (C=O) groups excluding carboxylic acids is 2. The zero-order valence-corrected chi connectivity index (χ0v) is 12.7. The van der Waals surface area contributed by atoms with Gasteiger partial charge in [-0.1, -0.05) is 12.1 Å². The number of aromatic hydroxyl groups is 1. The van der Waals surface area contributed by atoms with E-state index in [1.165, 1.54) is 12.1 Å². The van der Waals surface area contributed by atoms with Crippen LogP contribution in [0.15, 0.2) is 48.8 Å². The molecular formula is C17H16N4O3. The predicted octanol–water partition coefficient (Wildman–Crippen LogP) is 1.43. The van der Waals surface area contributed by atoms with E-state index < -0.39 is 0 Å². The summed E-state index contributed by atoms with van der Waals surface area (Å²) < 4.78 is 0. The number of aromatic amines is 1. The molecule has 0 saturated carbocycles. The monoisotopic (exact) mass is 324 g/mol. The van der Waals surface area contributed by atoms with Gasteiger partial charge in [-0.15, -0.1) is 0 Å². The Kier molecular flexibility index (Phi) is 4.42. The third kappa shape index (κ3) is 3.35. The number of phenolic OH excluding ortho intramolecular Hbond substituents is 1. The third-order valence-corrected chi connectivity index (χ3v) is 3.53. The number of hydrogen-bond donors (Lipinski definition) is 4. The second-order valence-electron chi connectivity index (χ2n) is 5.16. The van der Waals surface area contributed by atoms with Gasteiger partial charge in [0.25, 0.3) is 11.8 Å². The minimum atomic E-state index is -0.388. The van der Waals surface area contributed by atoms with Gasteiger partial charge in [0.1, 0.15) is 5.75 Å². The van der Waals surface area contributed by atoms with Crippen molar-refractivity contribution in [2.45, 2.75) is 0 Å². The Morgan fingerprint density at radius 2 is 1.79 bits per heavy atom. The van der Waals surface area contributed by atoms with Crippen LogP contribution < -0.4 is 10.6 Å². The van der Waals surface area contributed by atoms with Crippen LogP contribution in [0.25, 0.3) is 11.0 Å². The lowest BCUT2D eigenvalue weighted by atomic mass is 10.2. The molecule has 7 heteroatoms. The summed E-state index contributed by atoms with van der Waals surface area (Å²) in [6, 6.07) is 11.5. The largest absolute Gasteiger partial charge is 0.507 e. The van der Waals surface area contributed by atoms with E-state index in [0.29, 0.717) is 5.56 Å². The molecule has 0 unspecified atom stereocenters. The second-order valence-corrected chi connectivity index (χ2v) is 5.16. The van der Waals surface area contributed by atoms with Gasteiger partial charge in [0, 0.05) is 18.7 Å². The van der Waals surface area contributed by atoms with Gasteiger partial charge in [-0.05, 0) is 30.3 Å². The van der Waals surface area contributed by atoms with Crippen LogP contribution in [0, 0.1) is 0 Å². The van der Waals surface area contributed by atoms with Crippen LogP contribution in [0.2, 0.25) is 0 Å². The van der Waals surface area contributed by atoms with Crippen molar-refractivity contribution in [3.8, 4) is 5.75 Å². The number of imidazole rings is 1. The molecule has 1 aromatic heterocycles. The second kappa shape index (κ2) is 6.82. The van der Waals surface area contributed by atoms with Gasteiger partial charge >= 0.3 is 0 Å². The summed E-state index contributed by atoms with van der Waals surface area (Å²) in [6.07, 6.45) is 1.57. The van der Waals surface area contributed by atoms with Crippen LogP contribution in [0.5, 0.6) is 5.75 Å². The number of aromatic nitrogens is 2. The third-order valence-electron chi connectivity index (χ3n) is 3.53. The minimum Gasteiger partial charge on any atom is -0.507 e. The first kappa shape index (κ1) is 15.5. The van der Waals surface area contributed by atoms with Gasteiger partial charge in [-0.2, -0.15) is 0 Å². The van der Waals surface area contributed by atoms with Gasteiger partial charge < -0.3 is 20.7 Å². The smallest absolute Gasteiger partial charge is 0.255 e. The fraction of sp³-hybridized carbons (Fsp3) is 0.118. The highest BCUT2D eigenvalue weighted by atomic mass is 16.3. The van der Waals surface area contributed by atoms with Gasteiger partial charge in [0.15, 0.2) is 0 Å². The first-order chi connectivity index (χ1) is 11.6. The van der Waals surface area contributed by atoms with E-state index in [4.69, 9.17) is 0 Å². The molecule has 0 spiro atoms. The molecule has 0 aliphatic carbocycles. The Bertz CT molecular complexity index is 888. The molecule has 0 radical (unpaired) electrons. The zero-order chi connectivity index (χ0) is 16.9. The molecule has 2 amide bonds. The highest BCUT2D eigenvalue weighted by Crippen LogP contribution is 2.14. The number of rotatable bonds is 5. The molecule has 122 valence electrons. The van der Waals surface area contributed by atoms with Crippen molar-refractivity contribution in [3.05, 3.63) is 59.9 Å². The standard InChI is InChI=1S/C17H16N4O3/c22-15-4-2-1-3-12(15)17(24)19-8-7-18-16(23)11-5-6-13-14(9-11)21-10-20-13/h1-6,9-10,22H,7-8H2,(H,18,23)(H,19,24)(H,20,21). The van der Waals surface area contributed by atoms with E-state index in [1.54, 1.807) is 36.7 Å². The van der Waals surface area contributed by atoms with Crippen LogP contribution in [-0.4, -0.2) is 40.0 Å². The van der Waals surface area contributed by atoms with Crippen molar-refractivity contribution in [1.82, 2.24) is 20.6 Å². The number of amides is 2. The first-order valence-corrected chi connectivity index (χ1v) is 7.42. The minimum absolute atomic E-state index is 0.0769. The van der Waals surface area contributed by atoms with Crippen molar-refractivity contribution in [2.75, 3.05) is 13.1 Å². The molecule has 7 nitrogen and oxygen atoms in total. The SMILES string of the molecule is O=C(NCCNC(=O)c1ccccc1O)c1ccc2nc[nH]c2c1. The van der Waals surface area contributed by atoms with Crippen LogP contribution in [0.4, 0.5) is 0 Å². The average molecular weight is 324 g/mol. The lowest BCUT2D eigenvalue weighted by molar-refractivity contribution is 0.0926. The van der Waals surface area contributed by atoms with Gasteiger partial charge in [-0.25, -0.2) is 4.98 Å². The number of H-pyrrole nitrogens is 1. The van der Waals surface area contributed by atoms with Crippen molar-refractivity contribution in [1.29, 1.82) is 0 Å². The van der Waals surface area contributed by atoms with E-state index in [-0.39, 0.29) is 36.2 Å². The number of phenols is 1. The molecule has 0 aliphatic heterocycles. The number of fused-ring (bicyclic) bond motifs is 1. The number of nitrogens with one attached hydrogen (secondary N) is 3. The van der Waals surface area contributed by atoms with Crippen molar-refractivity contribution >= 4 is 22.8 Å². The van der Waals surface area contributed by atoms with Crippen LogP contribution >= 0.6 is 0 Å². The average Bonchev–Trinajstić information content (AvgIpc) is 3.06. The summed E-state index contributed by atoms with van der Waals surface area (Å²) in [5, 5.41) is 15.0. The van der Waals surface area contributed by atoms with Crippen LogP contribution in [-0.2, 0) is 0 Å².